The number of carbonyl (C=O) groups is 2. The molecular weight excluding hydrogens is 280 g/mol. The van der Waals surface area contributed by atoms with E-state index in [9.17, 15) is 9.59 Å². The van der Waals surface area contributed by atoms with Crippen LogP contribution in [0, 0.1) is 5.92 Å². The van der Waals surface area contributed by atoms with E-state index in [0.29, 0.717) is 42.4 Å². The molecule has 1 heterocycles. The molecule has 0 radical (unpaired) electrons. The van der Waals surface area contributed by atoms with Gasteiger partial charge in [-0.15, -0.1) is 11.6 Å². The van der Waals surface area contributed by atoms with Gasteiger partial charge in [0, 0.05) is 18.8 Å². The maximum atomic E-state index is 12.0. The molecule has 20 heavy (non-hydrogen) atoms. The molecule has 108 valence electrons. The summed E-state index contributed by atoms with van der Waals surface area (Å²) in [5.74, 6) is 0.104. The third-order valence-corrected chi connectivity index (χ3v) is 3.69. The van der Waals surface area contributed by atoms with E-state index in [1.807, 2.05) is 0 Å². The van der Waals surface area contributed by atoms with Crippen LogP contribution in [-0.2, 0) is 9.53 Å². The minimum absolute atomic E-state index is 0.0247. The Morgan fingerprint density at radius 3 is 2.90 bits per heavy atom. The fourth-order valence-electron chi connectivity index (χ4n) is 2.24. The number of halogens is 1. The summed E-state index contributed by atoms with van der Waals surface area (Å²) in [4.78, 5) is 25.3. The Bertz CT molecular complexity index is 533. The molecule has 5 nitrogen and oxygen atoms in total. The number of hydrogen-bond acceptors (Lipinski definition) is 4. The van der Waals surface area contributed by atoms with Crippen molar-refractivity contribution < 1.29 is 14.3 Å². The first-order valence-corrected chi connectivity index (χ1v) is 7.03. The monoisotopic (exact) mass is 296 g/mol. The summed E-state index contributed by atoms with van der Waals surface area (Å²) < 4.78 is 4.95. The average Bonchev–Trinajstić information content (AvgIpc) is 2.81. The number of ether oxygens (including phenoxy) is 1. The van der Waals surface area contributed by atoms with Gasteiger partial charge in [0.2, 0.25) is 5.91 Å². The Kier molecular flexibility index (Phi) is 4.49. The highest BCUT2D eigenvalue weighted by Gasteiger charge is 2.31. The highest BCUT2D eigenvalue weighted by molar-refractivity contribution is 6.18. The third-order valence-electron chi connectivity index (χ3n) is 3.26. The van der Waals surface area contributed by atoms with E-state index < -0.39 is 5.97 Å². The third kappa shape index (κ3) is 2.88. The molecule has 1 unspecified atom stereocenters. The van der Waals surface area contributed by atoms with Crippen LogP contribution in [0.4, 0.5) is 11.4 Å². The molecule has 0 saturated carbocycles. The van der Waals surface area contributed by atoms with Gasteiger partial charge in [-0.3, -0.25) is 4.79 Å². The van der Waals surface area contributed by atoms with Gasteiger partial charge in [0.1, 0.15) is 0 Å². The minimum Gasteiger partial charge on any atom is -0.462 e. The predicted molar refractivity (Wildman–Crippen MR) is 78.0 cm³/mol. The summed E-state index contributed by atoms with van der Waals surface area (Å²) in [6, 6.07) is 4.81. The smallest absolute Gasteiger partial charge is 0.338 e. The number of alkyl halides is 1. The minimum atomic E-state index is -0.422. The quantitative estimate of drug-likeness (QED) is 0.524. The average molecular weight is 297 g/mol. The standard InChI is InChI=1S/C14H17ClN2O3/c1-2-20-14(19)10-3-4-11(16)12(6-10)17-8-9(7-15)5-13(17)18/h3-4,6,9H,2,5,7-8,16H2,1H3. The maximum Gasteiger partial charge on any atom is 0.338 e. The molecule has 1 aliphatic rings. The first-order chi connectivity index (χ1) is 9.56. The molecule has 2 rings (SSSR count). The van der Waals surface area contributed by atoms with Gasteiger partial charge in [-0.1, -0.05) is 0 Å². The zero-order valence-electron chi connectivity index (χ0n) is 11.3. The lowest BCUT2D eigenvalue weighted by molar-refractivity contribution is -0.117. The number of nitrogens with zero attached hydrogens (tertiary/aromatic N) is 1. The lowest BCUT2D eigenvalue weighted by Crippen LogP contribution is -2.26. The van der Waals surface area contributed by atoms with E-state index in [4.69, 9.17) is 22.1 Å². The van der Waals surface area contributed by atoms with Gasteiger partial charge in [0.15, 0.2) is 0 Å². The molecule has 1 fully saturated rings. The molecule has 0 aliphatic carbocycles. The zero-order valence-corrected chi connectivity index (χ0v) is 12.0. The van der Waals surface area contributed by atoms with Crippen molar-refractivity contribution in [2.45, 2.75) is 13.3 Å². The highest BCUT2D eigenvalue weighted by Crippen LogP contribution is 2.31. The Hall–Kier alpha value is -1.75. The SMILES string of the molecule is CCOC(=O)c1ccc(N)c(N2CC(CCl)CC2=O)c1. The topological polar surface area (TPSA) is 72.6 Å². The van der Waals surface area contributed by atoms with Gasteiger partial charge in [-0.05, 0) is 31.0 Å². The molecule has 1 aliphatic heterocycles. The van der Waals surface area contributed by atoms with E-state index in [1.165, 1.54) is 0 Å². The number of rotatable bonds is 4. The molecule has 1 aromatic carbocycles. The van der Waals surface area contributed by atoms with Gasteiger partial charge < -0.3 is 15.4 Å². The number of nitrogens with two attached hydrogens (primary N) is 1. The van der Waals surface area contributed by atoms with Crippen molar-refractivity contribution in [2.24, 2.45) is 5.92 Å². The van der Waals surface area contributed by atoms with Crippen LogP contribution < -0.4 is 10.6 Å². The lowest BCUT2D eigenvalue weighted by atomic mass is 10.1. The summed E-state index contributed by atoms with van der Waals surface area (Å²) in [6.45, 7) is 2.57. The zero-order chi connectivity index (χ0) is 14.7. The van der Waals surface area contributed by atoms with E-state index in [2.05, 4.69) is 0 Å². The van der Waals surface area contributed by atoms with Crippen molar-refractivity contribution in [2.75, 3.05) is 29.7 Å². The molecule has 2 N–H and O–H groups in total. The molecule has 0 spiro atoms. The Morgan fingerprint density at radius 2 is 2.30 bits per heavy atom. The van der Waals surface area contributed by atoms with E-state index in [0.717, 1.165) is 0 Å². The number of hydrogen-bond donors (Lipinski definition) is 1. The Morgan fingerprint density at radius 1 is 1.55 bits per heavy atom. The van der Waals surface area contributed by atoms with Crippen LogP contribution in [0.3, 0.4) is 0 Å². The first kappa shape index (κ1) is 14.7. The van der Waals surface area contributed by atoms with Crippen molar-refractivity contribution in [3.63, 3.8) is 0 Å². The van der Waals surface area contributed by atoms with Crippen LogP contribution in [-0.4, -0.2) is 30.9 Å². The Labute approximate surface area is 122 Å². The highest BCUT2D eigenvalue weighted by atomic mass is 35.5. The lowest BCUT2D eigenvalue weighted by Gasteiger charge is -2.19. The second kappa shape index (κ2) is 6.13. The Balaban J connectivity index is 2.29. The molecule has 0 bridgehead atoms. The molecule has 1 atom stereocenters. The van der Waals surface area contributed by atoms with Crippen molar-refractivity contribution in [3.8, 4) is 0 Å². The summed E-state index contributed by atoms with van der Waals surface area (Å²) >= 11 is 5.80. The van der Waals surface area contributed by atoms with E-state index in [1.54, 1.807) is 30.0 Å². The number of nitrogen functional groups attached to an aromatic ring is 1. The van der Waals surface area contributed by atoms with Crippen LogP contribution in [0.1, 0.15) is 23.7 Å². The second-order valence-corrected chi connectivity index (χ2v) is 5.03. The number of benzene rings is 1. The van der Waals surface area contributed by atoms with Gasteiger partial charge in [0.25, 0.3) is 0 Å². The van der Waals surface area contributed by atoms with Crippen molar-refractivity contribution in [3.05, 3.63) is 23.8 Å². The molecule has 1 saturated heterocycles. The fourth-order valence-corrected chi connectivity index (χ4v) is 2.44. The molecule has 0 aromatic heterocycles. The largest absolute Gasteiger partial charge is 0.462 e. The van der Waals surface area contributed by atoms with Crippen molar-refractivity contribution in [1.82, 2.24) is 0 Å². The van der Waals surface area contributed by atoms with Gasteiger partial charge >= 0.3 is 5.97 Å². The number of carbonyl (C=O) groups excluding carboxylic acids is 2. The van der Waals surface area contributed by atoms with Gasteiger partial charge in [-0.25, -0.2) is 4.79 Å². The summed E-state index contributed by atoms with van der Waals surface area (Å²) in [7, 11) is 0. The number of esters is 1. The van der Waals surface area contributed by atoms with E-state index in [-0.39, 0.29) is 11.8 Å². The first-order valence-electron chi connectivity index (χ1n) is 6.49. The van der Waals surface area contributed by atoms with Crippen LogP contribution >= 0.6 is 11.6 Å². The van der Waals surface area contributed by atoms with E-state index >= 15 is 0 Å². The summed E-state index contributed by atoms with van der Waals surface area (Å²) in [6.07, 6.45) is 0.409. The molecule has 6 heteroatoms. The van der Waals surface area contributed by atoms with Crippen LogP contribution in [0.25, 0.3) is 0 Å². The second-order valence-electron chi connectivity index (χ2n) is 4.72. The van der Waals surface area contributed by atoms with Crippen LogP contribution in [0.5, 0.6) is 0 Å². The summed E-state index contributed by atoms with van der Waals surface area (Å²) in [5.41, 5.74) is 7.31. The number of anilines is 2. The fraction of sp³-hybridized carbons (Fsp3) is 0.429. The van der Waals surface area contributed by atoms with Crippen LogP contribution in [0.15, 0.2) is 18.2 Å². The maximum absolute atomic E-state index is 12.0. The predicted octanol–water partition coefficient (Wildman–Crippen LogP) is 2.04. The van der Waals surface area contributed by atoms with Crippen LogP contribution in [0.2, 0.25) is 0 Å². The number of amides is 1. The molecule has 1 aromatic rings. The molecular formula is C14H17ClN2O3. The van der Waals surface area contributed by atoms with Gasteiger partial charge in [-0.2, -0.15) is 0 Å². The van der Waals surface area contributed by atoms with Crippen molar-refractivity contribution in [1.29, 1.82) is 0 Å². The normalized spacial score (nSPS) is 18.4. The van der Waals surface area contributed by atoms with Gasteiger partial charge in [0.05, 0.1) is 23.5 Å². The van der Waals surface area contributed by atoms with Crippen molar-refractivity contribution >= 4 is 34.9 Å². The summed E-state index contributed by atoms with van der Waals surface area (Å²) in [5, 5.41) is 0. The molecule has 1 amide bonds.